The molecule has 20 heavy (non-hydrogen) atoms. The van der Waals surface area contributed by atoms with Gasteiger partial charge in [0, 0.05) is 5.54 Å². The summed E-state index contributed by atoms with van der Waals surface area (Å²) in [7, 11) is -1.81. The lowest BCUT2D eigenvalue weighted by molar-refractivity contribution is 0.0858. The maximum Gasteiger partial charge on any atom is 0.0620 e. The molecule has 0 amide bonds. The van der Waals surface area contributed by atoms with Crippen LogP contribution in [0.1, 0.15) is 33.3 Å². The average Bonchev–Trinajstić information content (AvgIpc) is 2.27. The zero-order chi connectivity index (χ0) is 15.6. The van der Waals surface area contributed by atoms with Crippen molar-refractivity contribution in [3.63, 3.8) is 0 Å². The van der Waals surface area contributed by atoms with E-state index in [1.54, 1.807) is 0 Å². The van der Waals surface area contributed by atoms with Crippen molar-refractivity contribution in [2.24, 2.45) is 0 Å². The highest BCUT2D eigenvalue weighted by molar-refractivity contribution is 6.81. The average molecular weight is 295 g/mol. The first-order chi connectivity index (χ1) is 9.07. The van der Waals surface area contributed by atoms with Crippen molar-refractivity contribution in [1.82, 2.24) is 0 Å². The predicted octanol–water partition coefficient (Wildman–Crippen LogP) is 3.85. The van der Waals surface area contributed by atoms with Crippen LogP contribution in [0, 0.1) is 0 Å². The molecule has 1 unspecified atom stereocenters. The first-order valence-electron chi connectivity index (χ1n) is 7.47. The van der Waals surface area contributed by atoms with Gasteiger partial charge in [-0.15, -0.1) is 0 Å². The molecule has 0 heterocycles. The summed E-state index contributed by atoms with van der Waals surface area (Å²) in [4.78, 5) is 0. The Morgan fingerprint density at radius 2 is 1.55 bits per heavy atom. The third-order valence-corrected chi connectivity index (χ3v) is 11.4. The second kappa shape index (κ2) is 6.42. The van der Waals surface area contributed by atoms with Gasteiger partial charge < -0.3 is 10.2 Å². The molecule has 1 rings (SSSR count). The van der Waals surface area contributed by atoms with Gasteiger partial charge in [-0.05, 0) is 23.9 Å². The minimum Gasteiger partial charge on any atom is -0.393 e. The zero-order valence-corrected chi connectivity index (χ0v) is 14.7. The van der Waals surface area contributed by atoms with Crippen LogP contribution in [0.3, 0.4) is 0 Å². The summed E-state index contributed by atoms with van der Waals surface area (Å²) in [5, 5.41) is 21.1. The van der Waals surface area contributed by atoms with Crippen molar-refractivity contribution in [2.45, 2.75) is 70.0 Å². The second-order valence-electron chi connectivity index (χ2n) is 7.50. The third kappa shape index (κ3) is 3.93. The van der Waals surface area contributed by atoms with Gasteiger partial charge in [-0.1, -0.05) is 64.2 Å². The Hall–Kier alpha value is -0.643. The Labute approximate surface area is 124 Å². The predicted molar refractivity (Wildman–Crippen MR) is 88.8 cm³/mol. The lowest BCUT2D eigenvalue weighted by Crippen LogP contribution is -2.51. The Balaban J connectivity index is 2.97. The molecule has 0 radical (unpaired) electrons. The highest BCUT2D eigenvalue weighted by Crippen LogP contribution is 2.46. The Morgan fingerprint density at radius 1 is 1.05 bits per heavy atom. The monoisotopic (exact) mass is 294 g/mol. The maximum absolute atomic E-state index is 10.7. The molecule has 0 aromatic heterocycles. The van der Waals surface area contributed by atoms with Gasteiger partial charge in [0.15, 0.2) is 0 Å². The molecule has 0 saturated carbocycles. The highest BCUT2D eigenvalue weighted by atomic mass is 28.3. The molecule has 0 bridgehead atoms. The number of benzene rings is 1. The number of aliphatic hydroxyl groups is 2. The molecular formula is C17H30O2Si. The third-order valence-electron chi connectivity index (χ3n) is 4.99. The van der Waals surface area contributed by atoms with Gasteiger partial charge in [0.05, 0.1) is 20.3 Å². The summed E-state index contributed by atoms with van der Waals surface area (Å²) in [5.74, 6) is 0. The molecule has 3 heteroatoms. The van der Waals surface area contributed by atoms with E-state index in [1.165, 1.54) is 0 Å². The summed E-state index contributed by atoms with van der Waals surface area (Å²) >= 11 is 0. The molecule has 3 atom stereocenters. The Kier molecular flexibility index (Phi) is 5.59. The lowest BCUT2D eigenvalue weighted by Gasteiger charge is -2.46. The van der Waals surface area contributed by atoms with E-state index in [2.05, 4.69) is 33.9 Å². The van der Waals surface area contributed by atoms with Crippen LogP contribution >= 0.6 is 0 Å². The number of hydrogen-bond acceptors (Lipinski definition) is 2. The van der Waals surface area contributed by atoms with Crippen LogP contribution in [0.15, 0.2) is 30.3 Å². The topological polar surface area (TPSA) is 40.5 Å². The molecule has 0 aliphatic heterocycles. The maximum atomic E-state index is 10.7. The van der Waals surface area contributed by atoms with E-state index in [9.17, 15) is 10.2 Å². The van der Waals surface area contributed by atoms with E-state index < -0.39 is 20.3 Å². The molecule has 0 aliphatic carbocycles. The van der Waals surface area contributed by atoms with Crippen LogP contribution in [0.2, 0.25) is 23.7 Å². The van der Waals surface area contributed by atoms with Gasteiger partial charge in [-0.3, -0.25) is 0 Å². The summed E-state index contributed by atoms with van der Waals surface area (Å²) in [6.07, 6.45) is -0.351. The summed E-state index contributed by atoms with van der Waals surface area (Å²) < 4.78 is 0. The van der Waals surface area contributed by atoms with Crippen LogP contribution in [-0.2, 0) is 6.42 Å². The van der Waals surface area contributed by atoms with Crippen LogP contribution < -0.4 is 0 Å². The van der Waals surface area contributed by atoms with Crippen LogP contribution in [-0.4, -0.2) is 30.5 Å². The Morgan fingerprint density at radius 3 is 1.95 bits per heavy atom. The van der Waals surface area contributed by atoms with Gasteiger partial charge in [0.2, 0.25) is 0 Å². The minimum atomic E-state index is -1.81. The lowest BCUT2D eigenvalue weighted by atomic mass is 10.0. The standard InChI is InChI=1S/C17H30O2Si/c1-13(18)16(20(5,6)17(2,3)4)15(19)12-14-10-8-7-9-11-14/h7-11,13,15-16,18-19H,12H2,1-6H3/t13-,15+,16?/m0/s1. The molecule has 2 N–H and O–H groups in total. The number of aliphatic hydroxyl groups excluding tert-OH is 2. The first kappa shape index (κ1) is 17.4. The van der Waals surface area contributed by atoms with Crippen molar-refractivity contribution in [1.29, 1.82) is 0 Å². The van der Waals surface area contributed by atoms with Gasteiger partial charge >= 0.3 is 0 Å². The van der Waals surface area contributed by atoms with Crippen molar-refractivity contribution in [2.75, 3.05) is 0 Å². The van der Waals surface area contributed by atoms with Crippen LogP contribution in [0.5, 0.6) is 0 Å². The number of hydrogen-bond donors (Lipinski definition) is 2. The van der Waals surface area contributed by atoms with E-state index >= 15 is 0 Å². The zero-order valence-electron chi connectivity index (χ0n) is 13.7. The fourth-order valence-corrected chi connectivity index (χ4v) is 6.17. The largest absolute Gasteiger partial charge is 0.393 e. The minimum absolute atomic E-state index is 0.0253. The van der Waals surface area contributed by atoms with Gasteiger partial charge in [0.25, 0.3) is 0 Å². The van der Waals surface area contributed by atoms with Crippen molar-refractivity contribution < 1.29 is 10.2 Å². The van der Waals surface area contributed by atoms with Gasteiger partial charge in [-0.2, -0.15) is 0 Å². The number of rotatable bonds is 5. The Bertz CT molecular complexity index is 407. The second-order valence-corrected chi connectivity index (χ2v) is 13.1. The van der Waals surface area contributed by atoms with E-state index in [0.29, 0.717) is 6.42 Å². The van der Waals surface area contributed by atoms with Gasteiger partial charge in [-0.25, -0.2) is 0 Å². The van der Waals surface area contributed by atoms with E-state index in [-0.39, 0.29) is 10.6 Å². The summed E-state index contributed by atoms with van der Waals surface area (Å²) in [6.45, 7) is 13.0. The molecule has 0 spiro atoms. The smallest absolute Gasteiger partial charge is 0.0620 e. The molecule has 1 aromatic carbocycles. The van der Waals surface area contributed by atoms with E-state index in [1.807, 2.05) is 37.3 Å². The molecule has 0 aliphatic rings. The summed E-state index contributed by atoms with van der Waals surface area (Å²) in [5.41, 5.74) is 1.10. The van der Waals surface area contributed by atoms with Crippen molar-refractivity contribution in [3.05, 3.63) is 35.9 Å². The fraction of sp³-hybridized carbons (Fsp3) is 0.647. The van der Waals surface area contributed by atoms with Crippen molar-refractivity contribution >= 4 is 8.07 Å². The SMILES string of the molecule is C[C@H](O)C([C@H](O)Cc1ccccc1)[Si](C)(C)C(C)(C)C. The molecule has 2 nitrogen and oxygen atoms in total. The summed E-state index contributed by atoms with van der Waals surface area (Å²) in [6, 6.07) is 10.0. The molecular weight excluding hydrogens is 264 g/mol. The molecule has 0 saturated heterocycles. The quantitative estimate of drug-likeness (QED) is 0.810. The normalized spacial score (nSPS) is 17.6. The molecule has 1 aromatic rings. The van der Waals surface area contributed by atoms with E-state index in [0.717, 1.165) is 5.56 Å². The van der Waals surface area contributed by atoms with Crippen LogP contribution in [0.4, 0.5) is 0 Å². The fourth-order valence-electron chi connectivity index (χ4n) is 2.89. The highest BCUT2D eigenvalue weighted by Gasteiger charge is 2.47. The van der Waals surface area contributed by atoms with Crippen molar-refractivity contribution in [3.8, 4) is 0 Å². The molecule has 0 fully saturated rings. The molecule has 114 valence electrons. The van der Waals surface area contributed by atoms with Crippen LogP contribution in [0.25, 0.3) is 0 Å². The van der Waals surface area contributed by atoms with E-state index in [4.69, 9.17) is 0 Å². The first-order valence-corrected chi connectivity index (χ1v) is 10.5. The van der Waals surface area contributed by atoms with Gasteiger partial charge in [0.1, 0.15) is 0 Å².